The average molecular weight is 372 g/mol. The summed E-state index contributed by atoms with van der Waals surface area (Å²) in [4.78, 5) is 13.5. The second-order valence-corrected chi connectivity index (χ2v) is 6.54. The van der Waals surface area contributed by atoms with Crippen LogP contribution >= 0.6 is 15.9 Å². The number of methoxy groups -OCH3 is 2. The van der Waals surface area contributed by atoms with E-state index in [1.165, 1.54) is 0 Å². The molecule has 0 bridgehead atoms. The van der Waals surface area contributed by atoms with E-state index in [1.54, 1.807) is 14.2 Å². The summed E-state index contributed by atoms with van der Waals surface area (Å²) in [6.45, 7) is 3.41. The summed E-state index contributed by atoms with van der Waals surface area (Å²) in [7, 11) is 3.22. The molecule has 0 radical (unpaired) electrons. The molecule has 1 saturated heterocycles. The molecule has 1 fully saturated rings. The van der Waals surface area contributed by atoms with Crippen LogP contribution in [-0.4, -0.2) is 42.8 Å². The minimum Gasteiger partial charge on any atom is -0.493 e. The first-order valence-corrected chi connectivity index (χ1v) is 8.12. The molecule has 1 aromatic carbocycles. The molecule has 0 aliphatic carbocycles. The molecule has 6 heteroatoms. The molecule has 0 amide bonds. The number of carbonyl (C=O) groups is 1. The van der Waals surface area contributed by atoms with Crippen LogP contribution in [0.5, 0.6) is 11.5 Å². The van der Waals surface area contributed by atoms with E-state index in [9.17, 15) is 9.90 Å². The van der Waals surface area contributed by atoms with Crippen molar-refractivity contribution in [3.63, 3.8) is 0 Å². The van der Waals surface area contributed by atoms with Gasteiger partial charge in [0.2, 0.25) is 0 Å². The third-order valence-electron chi connectivity index (χ3n) is 4.29. The summed E-state index contributed by atoms with van der Waals surface area (Å²) >= 11 is 3.56. The van der Waals surface area contributed by atoms with Crippen molar-refractivity contribution in [3.8, 4) is 11.5 Å². The Labute approximate surface area is 139 Å². The van der Waals surface area contributed by atoms with Crippen LogP contribution in [-0.2, 0) is 11.3 Å². The van der Waals surface area contributed by atoms with Crippen LogP contribution < -0.4 is 9.47 Å². The van der Waals surface area contributed by atoms with Gasteiger partial charge in [0, 0.05) is 23.6 Å². The predicted octanol–water partition coefficient (Wildman–Crippen LogP) is 3.15. The van der Waals surface area contributed by atoms with Gasteiger partial charge in [-0.15, -0.1) is 0 Å². The SMILES string of the molecule is COc1cc(Br)c(CN2CC(C(=O)O)CCC2C)cc1OC. The smallest absolute Gasteiger partial charge is 0.307 e. The van der Waals surface area contributed by atoms with Crippen LogP contribution in [0.1, 0.15) is 25.3 Å². The van der Waals surface area contributed by atoms with Gasteiger partial charge in [-0.25, -0.2) is 0 Å². The first-order chi connectivity index (χ1) is 10.5. The van der Waals surface area contributed by atoms with Gasteiger partial charge < -0.3 is 14.6 Å². The van der Waals surface area contributed by atoms with Gasteiger partial charge in [-0.3, -0.25) is 9.69 Å². The molecule has 5 nitrogen and oxygen atoms in total. The van der Waals surface area contributed by atoms with Crippen LogP contribution in [0, 0.1) is 5.92 Å². The lowest BCUT2D eigenvalue weighted by molar-refractivity contribution is -0.144. The fourth-order valence-electron chi connectivity index (χ4n) is 2.84. The van der Waals surface area contributed by atoms with E-state index in [0.29, 0.717) is 30.6 Å². The predicted molar refractivity (Wildman–Crippen MR) is 87.5 cm³/mol. The number of likely N-dealkylation sites (tertiary alicyclic amines) is 1. The number of aliphatic carboxylic acids is 1. The van der Waals surface area contributed by atoms with Crippen molar-refractivity contribution in [2.75, 3.05) is 20.8 Å². The molecular weight excluding hydrogens is 350 g/mol. The maximum Gasteiger partial charge on any atom is 0.307 e. The molecule has 1 N–H and O–H groups in total. The third-order valence-corrected chi connectivity index (χ3v) is 5.02. The van der Waals surface area contributed by atoms with Crippen molar-refractivity contribution in [2.45, 2.75) is 32.4 Å². The highest BCUT2D eigenvalue weighted by Gasteiger charge is 2.30. The van der Waals surface area contributed by atoms with Crippen molar-refractivity contribution in [1.82, 2.24) is 4.90 Å². The molecule has 22 heavy (non-hydrogen) atoms. The number of rotatable bonds is 5. The lowest BCUT2D eigenvalue weighted by atomic mass is 9.93. The number of piperidine rings is 1. The summed E-state index contributed by atoms with van der Waals surface area (Å²) in [5, 5.41) is 9.24. The zero-order chi connectivity index (χ0) is 16.3. The van der Waals surface area contributed by atoms with Gasteiger partial charge in [-0.2, -0.15) is 0 Å². The number of hydrogen-bond acceptors (Lipinski definition) is 4. The number of carboxylic acid groups (broad SMARTS) is 1. The molecule has 1 heterocycles. The van der Waals surface area contributed by atoms with Gasteiger partial charge in [0.25, 0.3) is 0 Å². The average Bonchev–Trinajstić information content (AvgIpc) is 2.50. The Morgan fingerprint density at radius 2 is 1.95 bits per heavy atom. The normalized spacial score (nSPS) is 22.4. The Morgan fingerprint density at radius 3 is 2.55 bits per heavy atom. The fourth-order valence-corrected chi connectivity index (χ4v) is 3.29. The van der Waals surface area contributed by atoms with Crippen LogP contribution in [0.4, 0.5) is 0 Å². The van der Waals surface area contributed by atoms with Gasteiger partial charge >= 0.3 is 5.97 Å². The monoisotopic (exact) mass is 371 g/mol. The van der Waals surface area contributed by atoms with Gasteiger partial charge in [0.15, 0.2) is 11.5 Å². The topological polar surface area (TPSA) is 59.0 Å². The van der Waals surface area contributed by atoms with Crippen LogP contribution in [0.25, 0.3) is 0 Å². The van der Waals surface area contributed by atoms with Crippen LogP contribution in [0.3, 0.4) is 0 Å². The maximum absolute atomic E-state index is 11.2. The van der Waals surface area contributed by atoms with E-state index in [-0.39, 0.29) is 5.92 Å². The largest absolute Gasteiger partial charge is 0.493 e. The van der Waals surface area contributed by atoms with E-state index >= 15 is 0 Å². The van der Waals surface area contributed by atoms with Gasteiger partial charge in [-0.05, 0) is 37.5 Å². The minimum absolute atomic E-state index is 0.282. The van der Waals surface area contributed by atoms with Crippen LogP contribution in [0.2, 0.25) is 0 Å². The molecule has 1 aliphatic heterocycles. The number of carboxylic acids is 1. The molecule has 0 aromatic heterocycles. The van der Waals surface area contributed by atoms with Crippen LogP contribution in [0.15, 0.2) is 16.6 Å². The van der Waals surface area contributed by atoms with Gasteiger partial charge in [0.1, 0.15) is 0 Å². The summed E-state index contributed by atoms with van der Waals surface area (Å²) in [6, 6.07) is 4.20. The van der Waals surface area contributed by atoms with E-state index in [4.69, 9.17) is 9.47 Å². The number of halogens is 1. The maximum atomic E-state index is 11.2. The van der Waals surface area contributed by atoms with Gasteiger partial charge in [-0.1, -0.05) is 15.9 Å². The summed E-state index contributed by atoms with van der Waals surface area (Å²) in [5.41, 5.74) is 1.07. The number of nitrogens with zero attached hydrogens (tertiary/aromatic N) is 1. The summed E-state index contributed by atoms with van der Waals surface area (Å²) in [6.07, 6.45) is 1.65. The van der Waals surface area contributed by atoms with Crippen molar-refractivity contribution in [2.24, 2.45) is 5.92 Å². The minimum atomic E-state index is -0.705. The van der Waals surface area contributed by atoms with Crippen molar-refractivity contribution >= 4 is 21.9 Å². The number of benzene rings is 1. The van der Waals surface area contributed by atoms with Crippen molar-refractivity contribution < 1.29 is 19.4 Å². The van der Waals surface area contributed by atoms with E-state index in [1.807, 2.05) is 12.1 Å². The van der Waals surface area contributed by atoms with E-state index < -0.39 is 5.97 Å². The zero-order valence-electron chi connectivity index (χ0n) is 13.1. The summed E-state index contributed by atoms with van der Waals surface area (Å²) in [5.74, 6) is 0.367. The Balaban J connectivity index is 2.20. The first-order valence-electron chi connectivity index (χ1n) is 7.33. The third kappa shape index (κ3) is 3.73. The fraction of sp³-hybridized carbons (Fsp3) is 0.562. The molecule has 0 saturated carbocycles. The quantitative estimate of drug-likeness (QED) is 0.861. The second kappa shape index (κ2) is 7.33. The van der Waals surface area contributed by atoms with E-state index in [2.05, 4.69) is 27.8 Å². The van der Waals surface area contributed by atoms with Crippen molar-refractivity contribution in [3.05, 3.63) is 22.2 Å². The lowest BCUT2D eigenvalue weighted by Gasteiger charge is -2.36. The Hall–Kier alpha value is -1.27. The van der Waals surface area contributed by atoms with Gasteiger partial charge in [0.05, 0.1) is 20.1 Å². The highest BCUT2D eigenvalue weighted by Crippen LogP contribution is 2.35. The molecule has 1 aliphatic rings. The molecule has 0 spiro atoms. The second-order valence-electron chi connectivity index (χ2n) is 5.69. The van der Waals surface area contributed by atoms with E-state index in [0.717, 1.165) is 22.9 Å². The molecule has 122 valence electrons. The Bertz CT molecular complexity index is 549. The zero-order valence-corrected chi connectivity index (χ0v) is 14.7. The molecule has 2 atom stereocenters. The first kappa shape index (κ1) is 17.1. The highest BCUT2D eigenvalue weighted by atomic mass is 79.9. The standard InChI is InChI=1S/C16H22BrNO4/c1-10-4-5-11(16(19)20)8-18(10)9-12-6-14(21-2)15(22-3)7-13(12)17/h6-7,10-11H,4-5,8-9H2,1-3H3,(H,19,20). The molecule has 2 rings (SSSR count). The molecule has 1 aromatic rings. The van der Waals surface area contributed by atoms with Crippen molar-refractivity contribution in [1.29, 1.82) is 0 Å². The Kier molecular flexibility index (Phi) is 5.69. The Morgan fingerprint density at radius 1 is 1.32 bits per heavy atom. The highest BCUT2D eigenvalue weighted by molar-refractivity contribution is 9.10. The molecular formula is C16H22BrNO4. The molecule has 2 unspecified atom stereocenters. The summed E-state index contributed by atoms with van der Waals surface area (Å²) < 4.78 is 11.6. The number of ether oxygens (including phenoxy) is 2. The number of hydrogen-bond donors (Lipinski definition) is 1. The lowest BCUT2D eigenvalue weighted by Crippen LogP contribution is -2.43.